The van der Waals surface area contributed by atoms with Crippen LogP contribution in [0.1, 0.15) is 35.3 Å². The van der Waals surface area contributed by atoms with E-state index < -0.39 is 5.82 Å². The number of aromatic nitrogens is 1. The maximum atomic E-state index is 12.9. The zero-order chi connectivity index (χ0) is 19.8. The van der Waals surface area contributed by atoms with Crippen LogP contribution in [0.5, 0.6) is 0 Å². The topological polar surface area (TPSA) is 71.5 Å². The monoisotopic (exact) mass is 385 g/mol. The summed E-state index contributed by atoms with van der Waals surface area (Å²) in [5.74, 6) is -0.796. The highest BCUT2D eigenvalue weighted by atomic mass is 19.1. The molecule has 6 nitrogen and oxygen atoms in total. The number of rotatable bonds is 8. The number of hydrogen-bond acceptors (Lipinski definition) is 4. The standard InChI is InChI=1S/C21H24FN3O3/c22-17-8-6-16(7-9-17)21(27)24-12-10-20(26)25(15-19-5-3-13-28-19)14-18-4-1-2-11-23-18/h1-2,4,6-9,11,19H,3,5,10,12-15H2,(H,24,27). The van der Waals surface area contributed by atoms with E-state index in [1.807, 2.05) is 18.2 Å². The minimum absolute atomic E-state index is 0.0430. The van der Waals surface area contributed by atoms with Crippen LogP contribution in [-0.2, 0) is 16.1 Å². The van der Waals surface area contributed by atoms with E-state index in [9.17, 15) is 14.0 Å². The van der Waals surface area contributed by atoms with Crippen LogP contribution in [0.15, 0.2) is 48.7 Å². The molecule has 0 spiro atoms. The van der Waals surface area contributed by atoms with E-state index >= 15 is 0 Å². The van der Waals surface area contributed by atoms with Crippen LogP contribution in [0.2, 0.25) is 0 Å². The van der Waals surface area contributed by atoms with Gasteiger partial charge in [0.15, 0.2) is 0 Å². The number of carbonyl (C=O) groups excluding carboxylic acids is 2. The molecule has 2 amide bonds. The second-order valence-electron chi connectivity index (χ2n) is 6.74. The summed E-state index contributed by atoms with van der Waals surface area (Å²) in [6.07, 6.45) is 3.86. The Balaban J connectivity index is 1.54. The molecule has 1 saturated heterocycles. The quantitative estimate of drug-likeness (QED) is 0.758. The number of ether oxygens (including phenoxy) is 1. The summed E-state index contributed by atoms with van der Waals surface area (Å²) in [6, 6.07) is 10.9. The third kappa shape index (κ3) is 5.85. The number of halogens is 1. The van der Waals surface area contributed by atoms with Gasteiger partial charge in [0.2, 0.25) is 5.91 Å². The third-order valence-electron chi connectivity index (χ3n) is 4.61. The van der Waals surface area contributed by atoms with Gasteiger partial charge in [-0.2, -0.15) is 0 Å². The normalized spacial score (nSPS) is 16.0. The lowest BCUT2D eigenvalue weighted by atomic mass is 10.2. The molecule has 3 rings (SSSR count). The second-order valence-corrected chi connectivity index (χ2v) is 6.74. The van der Waals surface area contributed by atoms with Crippen molar-refractivity contribution >= 4 is 11.8 Å². The van der Waals surface area contributed by atoms with Crippen LogP contribution < -0.4 is 5.32 Å². The summed E-state index contributed by atoms with van der Waals surface area (Å²) in [4.78, 5) is 30.9. The summed E-state index contributed by atoms with van der Waals surface area (Å²) in [7, 11) is 0. The highest BCUT2D eigenvalue weighted by Crippen LogP contribution is 2.15. The Morgan fingerprint density at radius 2 is 2.04 bits per heavy atom. The molecule has 1 aromatic heterocycles. The van der Waals surface area contributed by atoms with Crippen molar-refractivity contribution in [2.75, 3.05) is 19.7 Å². The lowest BCUT2D eigenvalue weighted by Crippen LogP contribution is -2.39. The summed E-state index contributed by atoms with van der Waals surface area (Å²) < 4.78 is 18.6. The lowest BCUT2D eigenvalue weighted by Gasteiger charge is -2.25. The SMILES string of the molecule is O=C(NCCC(=O)N(Cc1ccccn1)CC1CCCO1)c1ccc(F)cc1. The Bertz CT molecular complexity index is 777. The second kappa shape index (κ2) is 9.94. The summed E-state index contributed by atoms with van der Waals surface area (Å²) >= 11 is 0. The fourth-order valence-electron chi connectivity index (χ4n) is 3.12. The fraction of sp³-hybridized carbons (Fsp3) is 0.381. The Hall–Kier alpha value is -2.80. The maximum Gasteiger partial charge on any atom is 0.251 e. The van der Waals surface area contributed by atoms with E-state index in [1.165, 1.54) is 24.3 Å². The largest absolute Gasteiger partial charge is 0.376 e. The number of amides is 2. The van der Waals surface area contributed by atoms with Crippen molar-refractivity contribution in [2.24, 2.45) is 0 Å². The van der Waals surface area contributed by atoms with E-state index in [0.29, 0.717) is 18.7 Å². The summed E-state index contributed by atoms with van der Waals surface area (Å²) in [5.41, 5.74) is 1.17. The van der Waals surface area contributed by atoms with Gasteiger partial charge < -0.3 is 15.0 Å². The van der Waals surface area contributed by atoms with Crippen LogP contribution in [0.25, 0.3) is 0 Å². The molecule has 1 N–H and O–H groups in total. The highest BCUT2D eigenvalue weighted by molar-refractivity contribution is 5.94. The molecule has 7 heteroatoms. The Labute approximate surface area is 163 Å². The number of carbonyl (C=O) groups is 2. The highest BCUT2D eigenvalue weighted by Gasteiger charge is 2.23. The molecule has 1 aliphatic rings. The van der Waals surface area contributed by atoms with Crippen molar-refractivity contribution in [3.05, 3.63) is 65.7 Å². The van der Waals surface area contributed by atoms with Gasteiger partial charge in [0.05, 0.1) is 18.3 Å². The van der Waals surface area contributed by atoms with E-state index in [2.05, 4.69) is 10.3 Å². The maximum absolute atomic E-state index is 12.9. The zero-order valence-electron chi connectivity index (χ0n) is 15.6. The zero-order valence-corrected chi connectivity index (χ0v) is 15.6. The first kappa shape index (κ1) is 19.9. The van der Waals surface area contributed by atoms with E-state index in [4.69, 9.17) is 4.74 Å². The average molecular weight is 385 g/mol. The Morgan fingerprint density at radius 3 is 2.71 bits per heavy atom. The smallest absolute Gasteiger partial charge is 0.251 e. The van der Waals surface area contributed by atoms with Crippen molar-refractivity contribution in [2.45, 2.75) is 31.9 Å². The first-order valence-electron chi connectivity index (χ1n) is 9.45. The van der Waals surface area contributed by atoms with Crippen LogP contribution in [0.4, 0.5) is 4.39 Å². The van der Waals surface area contributed by atoms with Crippen molar-refractivity contribution in [3.63, 3.8) is 0 Å². The molecule has 2 aromatic rings. The van der Waals surface area contributed by atoms with Crippen LogP contribution in [-0.4, -0.2) is 47.5 Å². The molecular weight excluding hydrogens is 361 g/mol. The molecule has 1 fully saturated rings. The molecule has 0 radical (unpaired) electrons. The van der Waals surface area contributed by atoms with Crippen LogP contribution >= 0.6 is 0 Å². The number of nitrogens with one attached hydrogen (secondary N) is 1. The van der Waals surface area contributed by atoms with Gasteiger partial charge in [0, 0.05) is 37.9 Å². The predicted molar refractivity (Wildman–Crippen MR) is 102 cm³/mol. The number of nitrogens with zero attached hydrogens (tertiary/aromatic N) is 2. The summed E-state index contributed by atoms with van der Waals surface area (Å²) in [5, 5.41) is 2.71. The molecule has 2 heterocycles. The summed E-state index contributed by atoms with van der Waals surface area (Å²) in [6.45, 7) is 1.86. The Kier molecular flexibility index (Phi) is 7.08. The van der Waals surface area contributed by atoms with Crippen LogP contribution in [0, 0.1) is 5.82 Å². The van der Waals surface area contributed by atoms with Crippen molar-refractivity contribution in [1.82, 2.24) is 15.2 Å². The molecule has 1 unspecified atom stereocenters. The predicted octanol–water partition coefficient (Wildman–Crippen LogP) is 2.55. The van der Waals surface area contributed by atoms with Crippen LogP contribution in [0.3, 0.4) is 0 Å². The van der Waals surface area contributed by atoms with Gasteiger partial charge in [0.25, 0.3) is 5.91 Å². The molecule has 148 valence electrons. The van der Waals surface area contributed by atoms with E-state index in [0.717, 1.165) is 25.1 Å². The number of pyridine rings is 1. The number of benzene rings is 1. The van der Waals surface area contributed by atoms with Gasteiger partial charge in [0.1, 0.15) is 5.82 Å². The minimum Gasteiger partial charge on any atom is -0.376 e. The fourth-order valence-corrected chi connectivity index (χ4v) is 3.12. The third-order valence-corrected chi connectivity index (χ3v) is 4.61. The van der Waals surface area contributed by atoms with Gasteiger partial charge >= 0.3 is 0 Å². The minimum atomic E-state index is -0.397. The molecule has 0 saturated carbocycles. The molecule has 0 aliphatic carbocycles. The Morgan fingerprint density at radius 1 is 1.21 bits per heavy atom. The molecular formula is C21H24FN3O3. The van der Waals surface area contributed by atoms with Crippen molar-refractivity contribution in [3.8, 4) is 0 Å². The number of hydrogen-bond donors (Lipinski definition) is 1. The molecule has 28 heavy (non-hydrogen) atoms. The first-order chi connectivity index (χ1) is 13.6. The first-order valence-corrected chi connectivity index (χ1v) is 9.45. The van der Waals surface area contributed by atoms with Gasteiger partial charge in [-0.25, -0.2) is 4.39 Å². The molecule has 1 atom stereocenters. The lowest BCUT2D eigenvalue weighted by molar-refractivity contribution is -0.133. The van der Waals surface area contributed by atoms with Gasteiger partial charge in [-0.1, -0.05) is 6.07 Å². The van der Waals surface area contributed by atoms with Gasteiger partial charge in [-0.3, -0.25) is 14.6 Å². The van der Waals surface area contributed by atoms with Crippen molar-refractivity contribution < 1.29 is 18.7 Å². The average Bonchev–Trinajstić information content (AvgIpc) is 3.22. The van der Waals surface area contributed by atoms with Gasteiger partial charge in [-0.15, -0.1) is 0 Å². The molecule has 0 bridgehead atoms. The van der Waals surface area contributed by atoms with E-state index in [1.54, 1.807) is 11.1 Å². The van der Waals surface area contributed by atoms with Crippen molar-refractivity contribution in [1.29, 1.82) is 0 Å². The molecule has 1 aliphatic heterocycles. The van der Waals surface area contributed by atoms with Gasteiger partial charge in [-0.05, 0) is 49.2 Å². The van der Waals surface area contributed by atoms with E-state index in [-0.39, 0.29) is 30.9 Å². The molecule has 1 aromatic carbocycles.